The van der Waals surface area contributed by atoms with Gasteiger partial charge in [0.05, 0.1) is 51.5 Å². The number of hydrogen-bond acceptors (Lipinski definition) is 7. The summed E-state index contributed by atoms with van der Waals surface area (Å²) in [5, 5.41) is 23.6. The van der Waals surface area contributed by atoms with Gasteiger partial charge in [-0.05, 0) is 39.2 Å². The fourth-order valence-corrected chi connectivity index (χ4v) is 4.44. The number of carbonyl (C=O) groups excluding carboxylic acids is 1. The van der Waals surface area contributed by atoms with E-state index < -0.39 is 16.1 Å². The molecule has 1 saturated carbocycles. The molecular weight excluding hydrogens is 441 g/mol. The van der Waals surface area contributed by atoms with E-state index in [2.05, 4.69) is 21.1 Å². The Hall–Kier alpha value is -3.06. The van der Waals surface area contributed by atoms with Crippen molar-refractivity contribution in [2.75, 3.05) is 0 Å². The van der Waals surface area contributed by atoms with Gasteiger partial charge in [-0.25, -0.2) is 9.97 Å². The molecule has 9 nitrogen and oxygen atoms in total. The Morgan fingerprint density at radius 2 is 2.09 bits per heavy atom. The highest BCUT2D eigenvalue weighted by Crippen LogP contribution is 2.52. The molecule has 0 aliphatic heterocycles. The van der Waals surface area contributed by atoms with Crippen molar-refractivity contribution in [3.05, 3.63) is 31.0 Å². The first-order valence-electron chi connectivity index (χ1n) is 11.3. The van der Waals surface area contributed by atoms with Crippen molar-refractivity contribution >= 4 is 40.5 Å². The second-order valence-corrected chi connectivity index (χ2v) is 10.3. The zero-order chi connectivity index (χ0) is 25.6. The quantitative estimate of drug-likeness (QED) is 0.437. The number of ether oxygens (including phenoxy) is 1. The zero-order valence-corrected chi connectivity index (χ0v) is 20.0. The van der Waals surface area contributed by atoms with Crippen LogP contribution in [0.1, 0.15) is 46.1 Å². The average molecular weight is 466 g/mol. The summed E-state index contributed by atoms with van der Waals surface area (Å²) in [6.45, 7) is 5.41. The van der Waals surface area contributed by atoms with Gasteiger partial charge in [0, 0.05) is 28.8 Å². The highest BCUT2D eigenvalue weighted by Gasteiger charge is 2.49. The van der Waals surface area contributed by atoms with Crippen LogP contribution in [0.3, 0.4) is 0 Å². The van der Waals surface area contributed by atoms with E-state index in [-0.39, 0.29) is 43.9 Å². The monoisotopic (exact) mass is 466 g/mol. The third-order valence-electron chi connectivity index (χ3n) is 6.54. The molecule has 1 fully saturated rings. The molecule has 35 heavy (non-hydrogen) atoms. The van der Waals surface area contributed by atoms with E-state index >= 15 is 0 Å². The van der Waals surface area contributed by atoms with Crippen molar-refractivity contribution in [2.45, 2.75) is 63.5 Å². The summed E-state index contributed by atoms with van der Waals surface area (Å²) in [6.07, 6.45) is 7.21. The summed E-state index contributed by atoms with van der Waals surface area (Å²) in [4.78, 5) is 20.9. The molecular formula is C23H25B3N6O3. The molecule has 3 unspecified atom stereocenters. The van der Waals surface area contributed by atoms with Gasteiger partial charge in [0.25, 0.3) is 0 Å². The maximum absolute atomic E-state index is 12.2. The molecule has 174 valence electrons. The van der Waals surface area contributed by atoms with Gasteiger partial charge < -0.3 is 9.84 Å². The predicted molar refractivity (Wildman–Crippen MR) is 131 cm³/mol. The number of hydrogen-bond donors (Lipinski definition) is 1. The third-order valence-corrected chi connectivity index (χ3v) is 6.54. The van der Waals surface area contributed by atoms with Crippen molar-refractivity contribution in [2.24, 2.45) is 11.3 Å². The molecule has 3 heterocycles. The lowest BCUT2D eigenvalue weighted by atomic mass is 9.42. The molecule has 1 N–H and O–H groups in total. The number of nitrogens with zero attached hydrogens (tertiary/aromatic N) is 6. The second-order valence-electron chi connectivity index (χ2n) is 10.3. The minimum atomic E-state index is -1.74. The van der Waals surface area contributed by atoms with Gasteiger partial charge in [0.2, 0.25) is 0 Å². The molecule has 12 heteroatoms. The molecule has 0 saturated heterocycles. The van der Waals surface area contributed by atoms with Gasteiger partial charge in [0.15, 0.2) is 6.73 Å². The van der Waals surface area contributed by atoms with Crippen molar-refractivity contribution in [1.82, 2.24) is 24.3 Å². The molecule has 1 aliphatic carbocycles. The molecule has 3 atom stereocenters. The SMILES string of the molecule is [B]C1([B])CC(C(CC#N)n2cc(-c3ncnc4c3ccn4COC(=O)C(C)(C)C)cn2)CC1([B])O. The summed E-state index contributed by atoms with van der Waals surface area (Å²) in [6, 6.07) is 3.65. The Kier molecular flexibility index (Phi) is 6.35. The highest BCUT2D eigenvalue weighted by atomic mass is 16.5. The first-order chi connectivity index (χ1) is 16.3. The van der Waals surface area contributed by atoms with Crippen LogP contribution in [0.5, 0.6) is 0 Å². The van der Waals surface area contributed by atoms with Crippen LogP contribution in [-0.2, 0) is 16.3 Å². The predicted octanol–water partition coefficient (Wildman–Crippen LogP) is 2.02. The Bertz CT molecular complexity index is 1270. The second kappa shape index (κ2) is 8.87. The van der Waals surface area contributed by atoms with E-state index in [1.165, 1.54) is 6.33 Å². The number of nitriles is 1. The molecule has 4 rings (SSSR count). The Morgan fingerprint density at radius 3 is 2.71 bits per heavy atom. The first-order valence-corrected chi connectivity index (χ1v) is 11.3. The van der Waals surface area contributed by atoms with Crippen molar-refractivity contribution in [3.8, 4) is 17.3 Å². The van der Waals surface area contributed by atoms with E-state index in [0.29, 0.717) is 11.3 Å². The fraction of sp³-hybridized carbons (Fsp3) is 0.522. The van der Waals surface area contributed by atoms with Gasteiger partial charge >= 0.3 is 5.97 Å². The van der Waals surface area contributed by atoms with Gasteiger partial charge in [-0.15, -0.1) is 0 Å². The molecule has 0 spiro atoms. The lowest BCUT2D eigenvalue weighted by molar-refractivity contribution is -0.156. The molecule has 1 aliphatic rings. The highest BCUT2D eigenvalue weighted by molar-refractivity contribution is 6.45. The van der Waals surface area contributed by atoms with Crippen LogP contribution in [0.4, 0.5) is 0 Å². The van der Waals surface area contributed by atoms with Crippen LogP contribution in [0.2, 0.25) is 5.21 Å². The van der Waals surface area contributed by atoms with E-state index in [1.807, 2.05) is 6.07 Å². The van der Waals surface area contributed by atoms with Gasteiger partial charge in [-0.1, -0.05) is 11.6 Å². The van der Waals surface area contributed by atoms with Crippen LogP contribution in [0, 0.1) is 22.7 Å². The van der Waals surface area contributed by atoms with Crippen LogP contribution < -0.4 is 0 Å². The number of aromatic nitrogens is 5. The number of fused-ring (bicyclic) bond motifs is 1. The molecule has 0 aromatic carbocycles. The van der Waals surface area contributed by atoms with E-state index in [9.17, 15) is 15.2 Å². The minimum absolute atomic E-state index is 0.0309. The minimum Gasteiger partial charge on any atom is -0.443 e. The normalized spacial score (nSPS) is 22.7. The average Bonchev–Trinajstić information content (AvgIpc) is 3.46. The lowest BCUT2D eigenvalue weighted by Crippen LogP contribution is -2.39. The largest absolute Gasteiger partial charge is 0.443 e. The van der Waals surface area contributed by atoms with Crippen LogP contribution in [0.15, 0.2) is 31.0 Å². The van der Waals surface area contributed by atoms with Crippen LogP contribution >= 0.6 is 0 Å². The standard InChI is InChI=1S/C23H25B3N6O3/c1-21(2,3)20(33)35-13-31-7-5-16-18(28-12-29-19(16)31)15-10-30-32(11-15)17(4-6-27)14-8-22(24,25)23(26,34)9-14/h5,7,10-12,14,17,34H,4,8-9,13H2,1-3H3. The fourth-order valence-electron chi connectivity index (χ4n) is 4.44. The molecule has 6 radical (unpaired) electrons. The maximum Gasteiger partial charge on any atom is 0.312 e. The number of rotatable bonds is 6. The molecule has 3 aromatic heterocycles. The summed E-state index contributed by atoms with van der Waals surface area (Å²) in [5.74, 6) is -0.551. The number of carbonyl (C=O) groups is 1. The van der Waals surface area contributed by atoms with Crippen molar-refractivity contribution in [3.63, 3.8) is 0 Å². The summed E-state index contributed by atoms with van der Waals surface area (Å²) in [5.41, 5.74) is -0.369. The molecule has 0 amide bonds. The lowest BCUT2D eigenvalue weighted by Gasteiger charge is -2.34. The van der Waals surface area contributed by atoms with Crippen LogP contribution in [0.25, 0.3) is 22.3 Å². The van der Waals surface area contributed by atoms with Gasteiger partial charge in [-0.3, -0.25) is 14.0 Å². The summed E-state index contributed by atoms with van der Waals surface area (Å²) >= 11 is 0. The first kappa shape index (κ1) is 25.1. The van der Waals surface area contributed by atoms with Gasteiger partial charge in [0.1, 0.15) is 19.8 Å². The topological polar surface area (TPSA) is 119 Å². The summed E-state index contributed by atoms with van der Waals surface area (Å²) < 4.78 is 8.83. The van der Waals surface area contributed by atoms with E-state index in [1.54, 1.807) is 48.6 Å². The third kappa shape index (κ3) is 4.74. The Labute approximate surface area is 208 Å². The van der Waals surface area contributed by atoms with E-state index in [4.69, 9.17) is 28.3 Å². The van der Waals surface area contributed by atoms with Gasteiger partial charge in [-0.2, -0.15) is 10.4 Å². The van der Waals surface area contributed by atoms with Crippen molar-refractivity contribution in [1.29, 1.82) is 5.26 Å². The zero-order valence-electron chi connectivity index (χ0n) is 20.0. The number of aliphatic hydroxyl groups is 1. The van der Waals surface area contributed by atoms with Crippen LogP contribution in [-0.4, -0.2) is 64.4 Å². The number of esters is 1. The van der Waals surface area contributed by atoms with E-state index in [0.717, 1.165) is 10.9 Å². The van der Waals surface area contributed by atoms with Crippen molar-refractivity contribution < 1.29 is 14.6 Å². The molecule has 0 bridgehead atoms. The Balaban J connectivity index is 1.61. The molecule has 3 aromatic rings. The Morgan fingerprint density at radius 1 is 1.34 bits per heavy atom. The summed E-state index contributed by atoms with van der Waals surface area (Å²) in [7, 11) is 18.0. The smallest absolute Gasteiger partial charge is 0.312 e. The maximum atomic E-state index is 12.2.